The maximum atomic E-state index is 11.3. The van der Waals surface area contributed by atoms with Crippen LogP contribution in [0.4, 0.5) is 0 Å². The molecule has 84 valence electrons. The van der Waals surface area contributed by atoms with Crippen molar-refractivity contribution in [1.82, 2.24) is 4.90 Å². The van der Waals surface area contributed by atoms with Crippen molar-refractivity contribution in [2.45, 2.75) is 25.9 Å². The molecule has 1 heterocycles. The molecule has 1 unspecified atom stereocenters. The lowest BCUT2D eigenvalue weighted by atomic mass is 10.2. The molecule has 1 N–H and O–H groups in total. The van der Waals surface area contributed by atoms with Gasteiger partial charge < -0.3 is 10.0 Å². The molecular formula is C9H19NO3S. The summed E-state index contributed by atoms with van der Waals surface area (Å²) in [6, 6.07) is 0. The summed E-state index contributed by atoms with van der Waals surface area (Å²) in [7, 11) is -2.79. The second-order valence-electron chi connectivity index (χ2n) is 3.98. The topological polar surface area (TPSA) is 57.6 Å². The van der Waals surface area contributed by atoms with E-state index in [-0.39, 0.29) is 11.9 Å². The average molecular weight is 221 g/mol. The molecule has 1 rings (SSSR count). The third kappa shape index (κ3) is 4.39. The minimum Gasteiger partial charge on any atom is -0.393 e. The van der Waals surface area contributed by atoms with E-state index in [1.807, 2.05) is 0 Å². The highest BCUT2D eigenvalue weighted by Crippen LogP contribution is 2.06. The van der Waals surface area contributed by atoms with Crippen LogP contribution < -0.4 is 0 Å². The van der Waals surface area contributed by atoms with Crippen molar-refractivity contribution in [1.29, 1.82) is 0 Å². The van der Waals surface area contributed by atoms with E-state index in [1.54, 1.807) is 6.92 Å². The monoisotopic (exact) mass is 221 g/mol. The summed E-state index contributed by atoms with van der Waals surface area (Å²) >= 11 is 0. The smallest absolute Gasteiger partial charge is 0.151 e. The number of aliphatic hydroxyl groups excluding tert-OH is 1. The molecule has 0 saturated carbocycles. The van der Waals surface area contributed by atoms with Gasteiger partial charge in [-0.3, -0.25) is 0 Å². The SMILES string of the molecule is CC(O)CCN1CCCS(=O)(=O)CC1. The Morgan fingerprint density at radius 2 is 2.07 bits per heavy atom. The predicted octanol–water partition coefficient (Wildman–Crippen LogP) is -0.122. The Morgan fingerprint density at radius 1 is 1.36 bits per heavy atom. The summed E-state index contributed by atoms with van der Waals surface area (Å²) in [6.07, 6.45) is 1.15. The largest absolute Gasteiger partial charge is 0.393 e. The van der Waals surface area contributed by atoms with Gasteiger partial charge in [0.15, 0.2) is 9.84 Å². The second kappa shape index (κ2) is 5.09. The van der Waals surface area contributed by atoms with Gasteiger partial charge in [0.1, 0.15) is 0 Å². The van der Waals surface area contributed by atoms with Gasteiger partial charge in [0.2, 0.25) is 0 Å². The summed E-state index contributed by atoms with van der Waals surface area (Å²) in [5, 5.41) is 9.11. The van der Waals surface area contributed by atoms with E-state index < -0.39 is 9.84 Å². The Hall–Kier alpha value is -0.130. The minimum absolute atomic E-state index is 0.271. The molecule has 0 bridgehead atoms. The summed E-state index contributed by atoms with van der Waals surface area (Å²) in [5.41, 5.74) is 0. The van der Waals surface area contributed by atoms with E-state index in [2.05, 4.69) is 4.90 Å². The summed E-state index contributed by atoms with van der Waals surface area (Å²) in [4.78, 5) is 2.12. The lowest BCUT2D eigenvalue weighted by Crippen LogP contribution is -2.29. The highest BCUT2D eigenvalue weighted by atomic mass is 32.2. The van der Waals surface area contributed by atoms with Crippen molar-refractivity contribution in [3.05, 3.63) is 0 Å². The molecule has 0 spiro atoms. The van der Waals surface area contributed by atoms with Crippen LogP contribution in [0.3, 0.4) is 0 Å². The molecule has 1 aliphatic rings. The van der Waals surface area contributed by atoms with Crippen molar-refractivity contribution in [3.8, 4) is 0 Å². The summed E-state index contributed by atoms with van der Waals surface area (Å²) in [6.45, 7) is 4.02. The van der Waals surface area contributed by atoms with Crippen LogP contribution in [0.15, 0.2) is 0 Å². The number of rotatable bonds is 3. The van der Waals surface area contributed by atoms with Crippen molar-refractivity contribution < 1.29 is 13.5 Å². The second-order valence-corrected chi connectivity index (χ2v) is 6.29. The van der Waals surface area contributed by atoms with E-state index in [4.69, 9.17) is 5.11 Å². The Kier molecular flexibility index (Phi) is 4.34. The van der Waals surface area contributed by atoms with Crippen LogP contribution in [0.2, 0.25) is 0 Å². The summed E-state index contributed by atoms with van der Waals surface area (Å²) in [5.74, 6) is 0.588. The van der Waals surface area contributed by atoms with Crippen LogP contribution >= 0.6 is 0 Å². The lowest BCUT2D eigenvalue weighted by molar-refractivity contribution is 0.159. The molecule has 14 heavy (non-hydrogen) atoms. The van der Waals surface area contributed by atoms with Crippen molar-refractivity contribution >= 4 is 9.84 Å². The first kappa shape index (κ1) is 11.9. The molecule has 0 aromatic rings. The van der Waals surface area contributed by atoms with Gasteiger partial charge in [0, 0.05) is 13.1 Å². The van der Waals surface area contributed by atoms with Crippen molar-refractivity contribution in [2.24, 2.45) is 0 Å². The molecule has 1 saturated heterocycles. The van der Waals surface area contributed by atoms with Crippen LogP contribution in [0.25, 0.3) is 0 Å². The molecule has 0 aliphatic carbocycles. The predicted molar refractivity (Wildman–Crippen MR) is 56.0 cm³/mol. The zero-order valence-electron chi connectivity index (χ0n) is 8.65. The minimum atomic E-state index is -2.79. The molecule has 1 atom stereocenters. The fraction of sp³-hybridized carbons (Fsp3) is 1.00. The zero-order chi connectivity index (χ0) is 10.6. The van der Waals surface area contributed by atoms with Gasteiger partial charge in [-0.25, -0.2) is 8.42 Å². The Bertz CT molecular complexity index is 261. The molecule has 4 nitrogen and oxygen atoms in total. The first-order valence-corrected chi connectivity index (χ1v) is 6.92. The van der Waals surface area contributed by atoms with Crippen LogP contribution in [-0.4, -0.2) is 55.7 Å². The maximum absolute atomic E-state index is 11.3. The number of nitrogens with zero attached hydrogens (tertiary/aromatic N) is 1. The standard InChI is InChI=1S/C9H19NO3S/c1-9(11)3-5-10-4-2-7-14(12,13)8-6-10/h9,11H,2-8H2,1H3. The van der Waals surface area contributed by atoms with Gasteiger partial charge in [-0.2, -0.15) is 0 Å². The Morgan fingerprint density at radius 3 is 2.71 bits per heavy atom. The van der Waals surface area contributed by atoms with Gasteiger partial charge in [-0.05, 0) is 26.3 Å². The Balaban J connectivity index is 2.35. The molecule has 1 fully saturated rings. The van der Waals surface area contributed by atoms with E-state index in [1.165, 1.54) is 0 Å². The Labute approximate surface area is 85.8 Å². The van der Waals surface area contributed by atoms with Gasteiger partial charge in [-0.15, -0.1) is 0 Å². The first-order chi connectivity index (χ1) is 6.49. The van der Waals surface area contributed by atoms with Crippen molar-refractivity contribution in [2.75, 3.05) is 31.1 Å². The molecule has 0 aromatic heterocycles. The molecule has 1 aliphatic heterocycles. The highest BCUT2D eigenvalue weighted by Gasteiger charge is 2.18. The first-order valence-electron chi connectivity index (χ1n) is 5.10. The van der Waals surface area contributed by atoms with Crippen LogP contribution in [0.5, 0.6) is 0 Å². The lowest BCUT2D eigenvalue weighted by Gasteiger charge is -2.19. The van der Waals surface area contributed by atoms with Gasteiger partial charge in [-0.1, -0.05) is 0 Å². The number of hydrogen-bond donors (Lipinski definition) is 1. The average Bonchev–Trinajstić information content (AvgIpc) is 2.23. The third-order valence-corrected chi connectivity index (χ3v) is 4.23. The van der Waals surface area contributed by atoms with Gasteiger partial charge in [0.05, 0.1) is 17.6 Å². The molecule has 0 aromatic carbocycles. The quantitative estimate of drug-likeness (QED) is 0.722. The fourth-order valence-corrected chi connectivity index (χ4v) is 2.89. The third-order valence-electron chi connectivity index (χ3n) is 2.51. The molecule has 5 heteroatoms. The van der Waals surface area contributed by atoms with E-state index in [0.717, 1.165) is 25.9 Å². The van der Waals surface area contributed by atoms with Gasteiger partial charge >= 0.3 is 0 Å². The zero-order valence-corrected chi connectivity index (χ0v) is 9.46. The molecule has 0 radical (unpaired) electrons. The van der Waals surface area contributed by atoms with E-state index in [9.17, 15) is 8.42 Å². The summed E-state index contributed by atoms with van der Waals surface area (Å²) < 4.78 is 22.6. The van der Waals surface area contributed by atoms with Crippen LogP contribution in [0, 0.1) is 0 Å². The van der Waals surface area contributed by atoms with Gasteiger partial charge in [0.25, 0.3) is 0 Å². The number of aliphatic hydroxyl groups is 1. The normalized spacial score (nSPS) is 25.6. The number of sulfone groups is 1. The van der Waals surface area contributed by atoms with Crippen LogP contribution in [-0.2, 0) is 9.84 Å². The number of hydrogen-bond acceptors (Lipinski definition) is 4. The van der Waals surface area contributed by atoms with Crippen molar-refractivity contribution in [3.63, 3.8) is 0 Å². The molecular weight excluding hydrogens is 202 g/mol. The molecule has 0 amide bonds. The van der Waals surface area contributed by atoms with E-state index >= 15 is 0 Å². The van der Waals surface area contributed by atoms with E-state index in [0.29, 0.717) is 12.3 Å². The highest BCUT2D eigenvalue weighted by molar-refractivity contribution is 7.91. The fourth-order valence-electron chi connectivity index (χ4n) is 1.58. The maximum Gasteiger partial charge on any atom is 0.151 e. The van der Waals surface area contributed by atoms with Crippen LogP contribution in [0.1, 0.15) is 19.8 Å².